The van der Waals surface area contributed by atoms with Gasteiger partial charge in [0.2, 0.25) is 0 Å². The summed E-state index contributed by atoms with van der Waals surface area (Å²) < 4.78 is 51.8. The molecule has 0 saturated heterocycles. The Hall–Kier alpha value is -1.97. The Bertz CT molecular complexity index is 677. The molecular formula is C17H24F3N3O4. The largest absolute Gasteiger partial charge is 0.522 e. The molecule has 3 aliphatic carbocycles. The first-order valence-electron chi connectivity index (χ1n) is 8.80. The quantitative estimate of drug-likeness (QED) is 0.722. The van der Waals surface area contributed by atoms with E-state index in [1.807, 2.05) is 25.5 Å². The summed E-state index contributed by atoms with van der Waals surface area (Å²) in [6.45, 7) is 5.11. The molecular weight excluding hydrogens is 367 g/mol. The average molecular weight is 391 g/mol. The SMILES string of the molecule is CC(C)(C)OC(=O)NC12CC(n3cc(OCCCOC(F)(F)F)cn3)(C1)C2. The average Bonchev–Trinajstić information content (AvgIpc) is 2.86. The molecule has 27 heavy (non-hydrogen) atoms. The number of carbonyl (C=O) groups excluding carboxylic acids is 1. The van der Waals surface area contributed by atoms with Crippen molar-refractivity contribution in [1.29, 1.82) is 0 Å². The summed E-state index contributed by atoms with van der Waals surface area (Å²) in [6, 6.07) is 0. The maximum Gasteiger partial charge on any atom is 0.522 e. The van der Waals surface area contributed by atoms with Gasteiger partial charge >= 0.3 is 12.5 Å². The molecule has 3 aliphatic rings. The number of aromatic nitrogens is 2. The summed E-state index contributed by atoms with van der Waals surface area (Å²) in [5.41, 5.74) is -0.898. The molecule has 10 heteroatoms. The highest BCUT2D eigenvalue weighted by Gasteiger charge is 2.70. The molecule has 1 aromatic heterocycles. The van der Waals surface area contributed by atoms with Crippen molar-refractivity contribution in [1.82, 2.24) is 15.1 Å². The first-order valence-corrected chi connectivity index (χ1v) is 8.80. The molecule has 152 valence electrons. The second kappa shape index (κ2) is 6.57. The van der Waals surface area contributed by atoms with Gasteiger partial charge in [0.05, 0.1) is 36.7 Å². The number of amides is 1. The van der Waals surface area contributed by atoms with Crippen LogP contribution in [0.5, 0.6) is 5.75 Å². The lowest BCUT2D eigenvalue weighted by molar-refractivity contribution is -0.324. The van der Waals surface area contributed by atoms with E-state index in [0.717, 1.165) is 19.3 Å². The number of alkyl carbamates (subject to hydrolysis) is 1. The van der Waals surface area contributed by atoms with Gasteiger partial charge in [0.25, 0.3) is 0 Å². The van der Waals surface area contributed by atoms with E-state index in [0.29, 0.717) is 5.75 Å². The number of hydrogen-bond acceptors (Lipinski definition) is 5. The Balaban J connectivity index is 1.40. The van der Waals surface area contributed by atoms with Crippen LogP contribution in [0.2, 0.25) is 0 Å². The van der Waals surface area contributed by atoms with Crippen molar-refractivity contribution in [3.63, 3.8) is 0 Å². The molecule has 0 atom stereocenters. The molecule has 1 heterocycles. The molecule has 0 aromatic carbocycles. The highest BCUT2D eigenvalue weighted by Crippen LogP contribution is 2.65. The van der Waals surface area contributed by atoms with Gasteiger partial charge in [-0.2, -0.15) is 5.10 Å². The molecule has 7 nitrogen and oxygen atoms in total. The third-order valence-corrected chi connectivity index (χ3v) is 4.64. The highest BCUT2D eigenvalue weighted by atomic mass is 19.4. The predicted octanol–water partition coefficient (Wildman–Crippen LogP) is 3.34. The van der Waals surface area contributed by atoms with Crippen molar-refractivity contribution in [2.45, 2.75) is 69.5 Å². The predicted molar refractivity (Wildman–Crippen MR) is 88.3 cm³/mol. The van der Waals surface area contributed by atoms with Crippen molar-refractivity contribution < 1.29 is 32.2 Å². The van der Waals surface area contributed by atoms with Crippen molar-refractivity contribution >= 4 is 6.09 Å². The molecule has 1 aromatic rings. The van der Waals surface area contributed by atoms with E-state index < -0.39 is 24.7 Å². The topological polar surface area (TPSA) is 74.6 Å². The third kappa shape index (κ3) is 4.66. The van der Waals surface area contributed by atoms with Crippen LogP contribution in [-0.2, 0) is 15.0 Å². The van der Waals surface area contributed by atoms with E-state index in [2.05, 4.69) is 15.2 Å². The summed E-state index contributed by atoms with van der Waals surface area (Å²) in [5, 5.41) is 7.23. The first-order chi connectivity index (χ1) is 12.4. The summed E-state index contributed by atoms with van der Waals surface area (Å²) in [7, 11) is 0. The van der Waals surface area contributed by atoms with E-state index in [9.17, 15) is 18.0 Å². The molecule has 4 rings (SSSR count). The number of halogens is 3. The Labute approximate surface area is 155 Å². The van der Waals surface area contributed by atoms with Gasteiger partial charge < -0.3 is 14.8 Å². The van der Waals surface area contributed by atoms with Crippen molar-refractivity contribution in [3.05, 3.63) is 12.4 Å². The third-order valence-electron chi connectivity index (χ3n) is 4.64. The van der Waals surface area contributed by atoms with Gasteiger partial charge in [-0.15, -0.1) is 13.2 Å². The van der Waals surface area contributed by atoms with Gasteiger partial charge in [-0.25, -0.2) is 4.79 Å². The lowest BCUT2D eigenvalue weighted by Gasteiger charge is -2.69. The monoisotopic (exact) mass is 391 g/mol. The molecule has 2 bridgehead atoms. The fourth-order valence-corrected chi connectivity index (χ4v) is 3.71. The van der Waals surface area contributed by atoms with Crippen LogP contribution in [0, 0.1) is 0 Å². The maximum atomic E-state index is 11.9. The molecule has 1 amide bonds. The summed E-state index contributed by atoms with van der Waals surface area (Å²) >= 11 is 0. The molecule has 0 unspecified atom stereocenters. The number of nitrogens with zero attached hydrogens (tertiary/aromatic N) is 2. The second-order valence-electron chi connectivity index (χ2n) is 8.28. The van der Waals surface area contributed by atoms with Crippen LogP contribution in [0.4, 0.5) is 18.0 Å². The summed E-state index contributed by atoms with van der Waals surface area (Å²) in [6.07, 6.45) is 0.665. The maximum absolute atomic E-state index is 11.9. The van der Waals surface area contributed by atoms with Crippen molar-refractivity contribution in [2.24, 2.45) is 0 Å². The normalized spacial score (nSPS) is 26.7. The van der Waals surface area contributed by atoms with Gasteiger partial charge in [-0.1, -0.05) is 0 Å². The van der Waals surface area contributed by atoms with Crippen LogP contribution in [0.15, 0.2) is 12.4 Å². The zero-order valence-electron chi connectivity index (χ0n) is 15.6. The van der Waals surface area contributed by atoms with E-state index in [1.54, 1.807) is 12.4 Å². The molecule has 1 N–H and O–H groups in total. The molecule has 0 radical (unpaired) electrons. The molecule has 0 spiro atoms. The lowest BCUT2D eigenvalue weighted by Crippen LogP contribution is -2.79. The summed E-state index contributed by atoms with van der Waals surface area (Å²) in [5.74, 6) is 0.501. The number of alkyl halides is 3. The summed E-state index contributed by atoms with van der Waals surface area (Å²) in [4.78, 5) is 11.9. The van der Waals surface area contributed by atoms with Crippen LogP contribution in [-0.4, -0.2) is 46.6 Å². The van der Waals surface area contributed by atoms with E-state index >= 15 is 0 Å². The Kier molecular flexibility index (Phi) is 4.82. The highest BCUT2D eigenvalue weighted by molar-refractivity contribution is 5.70. The van der Waals surface area contributed by atoms with Gasteiger partial charge in [0.1, 0.15) is 5.60 Å². The Morgan fingerprint density at radius 3 is 2.52 bits per heavy atom. The Morgan fingerprint density at radius 1 is 1.26 bits per heavy atom. The van der Waals surface area contributed by atoms with E-state index in [4.69, 9.17) is 9.47 Å². The number of carbonyl (C=O) groups is 1. The number of rotatable bonds is 7. The number of hydrogen-bond donors (Lipinski definition) is 1. The molecule has 0 aliphatic heterocycles. The molecule has 3 fully saturated rings. The van der Waals surface area contributed by atoms with Crippen molar-refractivity contribution in [2.75, 3.05) is 13.2 Å². The van der Waals surface area contributed by atoms with Crippen LogP contribution in [0.1, 0.15) is 46.5 Å². The molecule has 3 saturated carbocycles. The van der Waals surface area contributed by atoms with E-state index in [-0.39, 0.29) is 24.1 Å². The van der Waals surface area contributed by atoms with Gasteiger partial charge in [0.15, 0.2) is 5.75 Å². The van der Waals surface area contributed by atoms with Crippen LogP contribution >= 0.6 is 0 Å². The minimum atomic E-state index is -4.61. The smallest absolute Gasteiger partial charge is 0.490 e. The standard InChI is InChI=1S/C17H24F3N3O4/c1-14(2,3)27-13(24)22-15-9-16(10-15,11-15)23-8-12(7-21-23)25-5-4-6-26-17(18,19)20/h7-8H,4-6,9-11H2,1-3H3,(H,22,24). The van der Waals surface area contributed by atoms with Crippen LogP contribution < -0.4 is 10.1 Å². The minimum Gasteiger partial charge on any atom is -0.490 e. The minimum absolute atomic E-state index is 0.110. The first kappa shape index (κ1) is 19.8. The van der Waals surface area contributed by atoms with Crippen LogP contribution in [0.3, 0.4) is 0 Å². The van der Waals surface area contributed by atoms with Crippen LogP contribution in [0.25, 0.3) is 0 Å². The Morgan fingerprint density at radius 2 is 1.93 bits per heavy atom. The van der Waals surface area contributed by atoms with E-state index in [1.165, 1.54) is 0 Å². The fourth-order valence-electron chi connectivity index (χ4n) is 3.71. The fraction of sp³-hybridized carbons (Fsp3) is 0.765. The van der Waals surface area contributed by atoms with Crippen molar-refractivity contribution in [3.8, 4) is 5.75 Å². The lowest BCUT2D eigenvalue weighted by atomic mass is 9.44. The van der Waals surface area contributed by atoms with Gasteiger partial charge in [-0.05, 0) is 40.0 Å². The number of nitrogens with one attached hydrogen (secondary N) is 1. The van der Waals surface area contributed by atoms with Gasteiger partial charge in [0, 0.05) is 6.42 Å². The van der Waals surface area contributed by atoms with Gasteiger partial charge in [-0.3, -0.25) is 9.42 Å². The zero-order valence-corrected chi connectivity index (χ0v) is 15.6. The zero-order chi connectivity index (χ0) is 19.9. The second-order valence-corrected chi connectivity index (χ2v) is 8.28. The number of ether oxygens (including phenoxy) is 3.